The quantitative estimate of drug-likeness (QED) is 0.832. The van der Waals surface area contributed by atoms with Crippen molar-refractivity contribution < 1.29 is 4.79 Å². The average Bonchev–Trinajstić information content (AvgIpc) is 3.12. The maximum atomic E-state index is 12.2. The lowest BCUT2D eigenvalue weighted by atomic mass is 10.3. The summed E-state index contributed by atoms with van der Waals surface area (Å²) in [7, 11) is 0. The van der Waals surface area contributed by atoms with Crippen molar-refractivity contribution in [3.05, 3.63) is 45.9 Å². The second-order valence-corrected chi connectivity index (χ2v) is 5.71. The van der Waals surface area contributed by atoms with Crippen LogP contribution in [0.4, 0.5) is 0 Å². The molecule has 0 aliphatic heterocycles. The molecule has 0 bridgehead atoms. The Bertz CT molecular complexity index is 660. The summed E-state index contributed by atoms with van der Waals surface area (Å²) in [5.41, 5.74) is 6.05. The number of aromatic nitrogens is 1. The van der Waals surface area contributed by atoms with Gasteiger partial charge in [0, 0.05) is 17.6 Å². The zero-order valence-corrected chi connectivity index (χ0v) is 12.9. The minimum atomic E-state index is -0.0450. The Kier molecular flexibility index (Phi) is 5.61. The predicted molar refractivity (Wildman–Crippen MR) is 86.1 cm³/mol. The fraction of sp³-hybridized carbons (Fsp3) is 0.312. The van der Waals surface area contributed by atoms with E-state index in [0.29, 0.717) is 18.8 Å². The molecule has 0 atom stereocenters. The first kappa shape index (κ1) is 15.4. The van der Waals surface area contributed by atoms with Crippen LogP contribution >= 0.6 is 11.3 Å². The van der Waals surface area contributed by atoms with Crippen LogP contribution in [0.5, 0.6) is 0 Å². The lowest BCUT2D eigenvalue weighted by Crippen LogP contribution is -2.25. The van der Waals surface area contributed by atoms with Crippen LogP contribution in [0.25, 0.3) is 0 Å². The molecule has 110 valence electrons. The van der Waals surface area contributed by atoms with Gasteiger partial charge in [0.1, 0.15) is 5.69 Å². The number of aryl methyl sites for hydroxylation is 1. The normalized spacial score (nSPS) is 10.0. The maximum absolute atomic E-state index is 12.2. The minimum Gasteiger partial charge on any atom is -0.346 e. The molecule has 2 aromatic heterocycles. The highest BCUT2D eigenvalue weighted by molar-refractivity contribution is 7.12. The van der Waals surface area contributed by atoms with Crippen LogP contribution in [0.15, 0.2) is 30.5 Å². The molecule has 0 radical (unpaired) electrons. The number of carbonyl (C=O) groups excluding carboxylic acids is 1. The number of carbonyl (C=O) groups is 1. The van der Waals surface area contributed by atoms with Crippen LogP contribution in [-0.2, 0) is 13.1 Å². The second kappa shape index (κ2) is 7.67. The Morgan fingerprint density at radius 3 is 3.05 bits per heavy atom. The lowest BCUT2D eigenvalue weighted by Gasteiger charge is -2.08. The van der Waals surface area contributed by atoms with E-state index in [0.717, 1.165) is 22.7 Å². The molecule has 21 heavy (non-hydrogen) atoms. The SMILES string of the molecule is CCCn1cccc1C(=O)NCc1ccc(C#CCN)s1. The largest absolute Gasteiger partial charge is 0.346 e. The van der Waals surface area contributed by atoms with Gasteiger partial charge in [-0.1, -0.05) is 18.8 Å². The van der Waals surface area contributed by atoms with Gasteiger partial charge < -0.3 is 15.6 Å². The van der Waals surface area contributed by atoms with E-state index in [1.54, 1.807) is 11.3 Å². The molecule has 0 spiro atoms. The number of nitrogens with zero attached hydrogens (tertiary/aromatic N) is 1. The summed E-state index contributed by atoms with van der Waals surface area (Å²) in [5, 5.41) is 2.95. The van der Waals surface area contributed by atoms with Gasteiger partial charge in [-0.2, -0.15) is 0 Å². The van der Waals surface area contributed by atoms with Gasteiger partial charge in [-0.25, -0.2) is 0 Å². The van der Waals surface area contributed by atoms with Crippen molar-refractivity contribution in [1.29, 1.82) is 0 Å². The van der Waals surface area contributed by atoms with Gasteiger partial charge in [0.05, 0.1) is 18.0 Å². The molecule has 0 unspecified atom stereocenters. The Hall–Kier alpha value is -2.03. The first-order valence-corrected chi connectivity index (χ1v) is 7.77. The van der Waals surface area contributed by atoms with Crippen molar-refractivity contribution in [2.24, 2.45) is 5.73 Å². The van der Waals surface area contributed by atoms with Gasteiger partial charge in [-0.15, -0.1) is 11.3 Å². The molecule has 0 aromatic carbocycles. The molecule has 0 aliphatic rings. The van der Waals surface area contributed by atoms with E-state index in [-0.39, 0.29) is 5.91 Å². The summed E-state index contributed by atoms with van der Waals surface area (Å²) in [5.74, 6) is 5.77. The third kappa shape index (κ3) is 4.22. The summed E-state index contributed by atoms with van der Waals surface area (Å²) in [4.78, 5) is 14.2. The van der Waals surface area contributed by atoms with Crippen LogP contribution < -0.4 is 11.1 Å². The Labute approximate surface area is 129 Å². The molecule has 2 rings (SSSR count). The number of nitrogens with two attached hydrogens (primary N) is 1. The van der Waals surface area contributed by atoms with E-state index in [1.807, 2.05) is 35.0 Å². The van der Waals surface area contributed by atoms with Crippen molar-refractivity contribution >= 4 is 17.2 Å². The van der Waals surface area contributed by atoms with Crippen molar-refractivity contribution in [3.63, 3.8) is 0 Å². The van der Waals surface area contributed by atoms with Crippen LogP contribution in [0.2, 0.25) is 0 Å². The van der Waals surface area contributed by atoms with Gasteiger partial charge in [-0.3, -0.25) is 4.79 Å². The highest BCUT2D eigenvalue weighted by Gasteiger charge is 2.10. The van der Waals surface area contributed by atoms with Gasteiger partial charge in [0.25, 0.3) is 5.91 Å². The Morgan fingerprint density at radius 2 is 2.29 bits per heavy atom. The summed E-state index contributed by atoms with van der Waals surface area (Å²) in [6.45, 7) is 3.83. The first-order chi connectivity index (χ1) is 10.2. The first-order valence-electron chi connectivity index (χ1n) is 6.95. The number of amides is 1. The fourth-order valence-electron chi connectivity index (χ4n) is 1.99. The van der Waals surface area contributed by atoms with E-state index in [4.69, 9.17) is 5.73 Å². The topological polar surface area (TPSA) is 60.0 Å². The van der Waals surface area contributed by atoms with E-state index in [2.05, 4.69) is 24.1 Å². The Balaban J connectivity index is 1.94. The highest BCUT2D eigenvalue weighted by Crippen LogP contribution is 2.15. The van der Waals surface area contributed by atoms with Crippen LogP contribution in [0.1, 0.15) is 33.6 Å². The van der Waals surface area contributed by atoms with Gasteiger partial charge in [0.2, 0.25) is 0 Å². The minimum absolute atomic E-state index is 0.0450. The maximum Gasteiger partial charge on any atom is 0.268 e. The smallest absolute Gasteiger partial charge is 0.268 e. The molecule has 2 aromatic rings. The summed E-state index contributed by atoms with van der Waals surface area (Å²) < 4.78 is 1.97. The van der Waals surface area contributed by atoms with E-state index in [9.17, 15) is 4.79 Å². The van der Waals surface area contributed by atoms with Crippen molar-refractivity contribution in [2.45, 2.75) is 26.4 Å². The third-order valence-electron chi connectivity index (χ3n) is 2.93. The zero-order valence-electron chi connectivity index (χ0n) is 12.1. The molecule has 2 heterocycles. The molecule has 4 nitrogen and oxygen atoms in total. The summed E-state index contributed by atoms with van der Waals surface area (Å²) in [6.07, 6.45) is 2.94. The number of hydrogen-bond donors (Lipinski definition) is 2. The van der Waals surface area contributed by atoms with E-state index < -0.39 is 0 Å². The molecule has 1 amide bonds. The molecule has 3 N–H and O–H groups in total. The summed E-state index contributed by atoms with van der Waals surface area (Å²) >= 11 is 1.58. The number of hydrogen-bond acceptors (Lipinski definition) is 3. The number of rotatable bonds is 5. The van der Waals surface area contributed by atoms with Crippen LogP contribution in [0.3, 0.4) is 0 Å². The summed E-state index contributed by atoms with van der Waals surface area (Å²) in [6, 6.07) is 7.68. The third-order valence-corrected chi connectivity index (χ3v) is 3.93. The highest BCUT2D eigenvalue weighted by atomic mass is 32.1. The van der Waals surface area contributed by atoms with Gasteiger partial charge >= 0.3 is 0 Å². The average molecular weight is 301 g/mol. The molecular weight excluding hydrogens is 282 g/mol. The standard InChI is InChI=1S/C16H19N3OS/c1-2-10-19-11-4-6-15(19)16(20)18-12-14-8-7-13(21-14)5-3-9-17/h4,6-8,11H,2,9-10,12,17H2,1H3,(H,18,20). The van der Waals surface area contributed by atoms with Crippen molar-refractivity contribution in [2.75, 3.05) is 6.54 Å². The molecule has 5 heteroatoms. The molecule has 0 fully saturated rings. The zero-order chi connectivity index (χ0) is 15.1. The Morgan fingerprint density at radius 1 is 1.43 bits per heavy atom. The molecule has 0 saturated carbocycles. The molecular formula is C16H19N3OS. The molecule has 0 saturated heterocycles. The predicted octanol–water partition coefficient (Wildman–Crippen LogP) is 2.20. The molecule has 0 aliphatic carbocycles. The lowest BCUT2D eigenvalue weighted by molar-refractivity contribution is 0.0942. The van der Waals surface area contributed by atoms with Gasteiger partial charge in [-0.05, 0) is 30.7 Å². The van der Waals surface area contributed by atoms with E-state index in [1.165, 1.54) is 0 Å². The van der Waals surface area contributed by atoms with Crippen molar-refractivity contribution in [1.82, 2.24) is 9.88 Å². The van der Waals surface area contributed by atoms with Crippen LogP contribution in [0, 0.1) is 11.8 Å². The second-order valence-electron chi connectivity index (χ2n) is 4.54. The van der Waals surface area contributed by atoms with Crippen LogP contribution in [-0.4, -0.2) is 17.0 Å². The fourth-order valence-corrected chi connectivity index (χ4v) is 2.81. The van der Waals surface area contributed by atoms with Gasteiger partial charge in [0.15, 0.2) is 0 Å². The monoisotopic (exact) mass is 301 g/mol. The van der Waals surface area contributed by atoms with E-state index >= 15 is 0 Å². The number of nitrogens with one attached hydrogen (secondary N) is 1. The van der Waals surface area contributed by atoms with Crippen molar-refractivity contribution in [3.8, 4) is 11.8 Å². The number of thiophene rings is 1.